The molecule has 0 aromatic heterocycles. The number of likely N-dealkylation sites (tertiary alicyclic amines) is 1. The largest absolute Gasteiger partial charge is 0.395 e. The van der Waals surface area contributed by atoms with Gasteiger partial charge in [0, 0.05) is 32.2 Å². The van der Waals surface area contributed by atoms with E-state index in [4.69, 9.17) is 9.84 Å². The molecule has 1 aromatic carbocycles. The second-order valence-corrected chi connectivity index (χ2v) is 5.71. The molecular formula is C17H23FN2O4. The summed E-state index contributed by atoms with van der Waals surface area (Å²) in [6.45, 7) is 0.556. The number of nitrogens with zero attached hydrogens (tertiary/aromatic N) is 1. The second-order valence-electron chi connectivity index (χ2n) is 5.71. The van der Waals surface area contributed by atoms with Gasteiger partial charge in [-0.25, -0.2) is 4.39 Å². The lowest BCUT2D eigenvalue weighted by molar-refractivity contribution is -0.144. The summed E-state index contributed by atoms with van der Waals surface area (Å²) in [5.41, 5.74) is 0.325. The highest BCUT2D eigenvalue weighted by molar-refractivity contribution is 5.85. The molecule has 1 aliphatic heterocycles. The highest BCUT2D eigenvalue weighted by Gasteiger charge is 2.41. The van der Waals surface area contributed by atoms with Crippen LogP contribution in [0.15, 0.2) is 24.3 Å². The van der Waals surface area contributed by atoms with E-state index in [2.05, 4.69) is 5.32 Å². The van der Waals surface area contributed by atoms with E-state index in [0.717, 1.165) is 0 Å². The Hall–Kier alpha value is -1.99. The molecule has 1 aromatic rings. The van der Waals surface area contributed by atoms with Gasteiger partial charge >= 0.3 is 0 Å². The molecule has 7 heteroatoms. The lowest BCUT2D eigenvalue weighted by Crippen LogP contribution is -2.49. The number of benzene rings is 1. The first-order valence-corrected chi connectivity index (χ1v) is 8.01. The fraction of sp³-hybridized carbons (Fsp3) is 0.529. The third-order valence-corrected chi connectivity index (χ3v) is 4.21. The van der Waals surface area contributed by atoms with Gasteiger partial charge in [0.15, 0.2) is 0 Å². The van der Waals surface area contributed by atoms with Gasteiger partial charge in [-0.05, 0) is 12.5 Å². The average molecular weight is 338 g/mol. The molecule has 2 rings (SSSR count). The number of nitrogens with one attached hydrogen (secondary N) is 1. The fourth-order valence-corrected chi connectivity index (χ4v) is 3.09. The summed E-state index contributed by atoms with van der Waals surface area (Å²) in [4.78, 5) is 26.3. The molecule has 1 saturated heterocycles. The van der Waals surface area contributed by atoms with Crippen LogP contribution in [-0.4, -0.2) is 55.2 Å². The monoisotopic (exact) mass is 338 g/mol. The van der Waals surface area contributed by atoms with E-state index < -0.39 is 17.8 Å². The fourth-order valence-electron chi connectivity index (χ4n) is 3.09. The first-order valence-electron chi connectivity index (χ1n) is 8.01. The van der Waals surface area contributed by atoms with Gasteiger partial charge < -0.3 is 20.1 Å². The molecule has 1 heterocycles. The zero-order valence-corrected chi connectivity index (χ0v) is 13.7. The van der Waals surface area contributed by atoms with E-state index in [1.54, 1.807) is 18.2 Å². The molecule has 0 saturated carbocycles. The minimum absolute atomic E-state index is 0.119. The number of ether oxygens (including phenoxy) is 1. The van der Waals surface area contributed by atoms with Crippen LogP contribution < -0.4 is 5.32 Å². The Kier molecular flexibility index (Phi) is 6.69. The van der Waals surface area contributed by atoms with Crippen molar-refractivity contribution in [3.8, 4) is 0 Å². The number of piperidine rings is 1. The van der Waals surface area contributed by atoms with Crippen LogP contribution in [0.2, 0.25) is 0 Å². The minimum Gasteiger partial charge on any atom is -0.395 e. The summed E-state index contributed by atoms with van der Waals surface area (Å²) in [5.74, 6) is -1.42. The van der Waals surface area contributed by atoms with Crippen LogP contribution in [0.25, 0.3) is 0 Å². The smallest absolute Gasteiger partial charge is 0.225 e. The van der Waals surface area contributed by atoms with Crippen LogP contribution in [0.5, 0.6) is 0 Å². The SMILES string of the molecule is COCCN1C(=O)CC[C@@H](C(=O)NCCO)[C@@H]1c1ccccc1F. The molecule has 2 N–H and O–H groups in total. The van der Waals surface area contributed by atoms with E-state index in [0.29, 0.717) is 18.6 Å². The molecule has 24 heavy (non-hydrogen) atoms. The summed E-state index contributed by atoms with van der Waals surface area (Å²) < 4.78 is 19.4. The number of hydrogen-bond donors (Lipinski definition) is 2. The predicted molar refractivity (Wildman–Crippen MR) is 85.5 cm³/mol. The second kappa shape index (κ2) is 8.75. The molecule has 2 atom stereocenters. The van der Waals surface area contributed by atoms with E-state index in [-0.39, 0.29) is 37.9 Å². The van der Waals surface area contributed by atoms with Gasteiger partial charge in [0.2, 0.25) is 11.8 Å². The molecule has 6 nitrogen and oxygen atoms in total. The van der Waals surface area contributed by atoms with Crippen LogP contribution in [0.4, 0.5) is 4.39 Å². The third-order valence-electron chi connectivity index (χ3n) is 4.21. The molecule has 0 unspecified atom stereocenters. The van der Waals surface area contributed by atoms with Crippen LogP contribution in [-0.2, 0) is 14.3 Å². The summed E-state index contributed by atoms with van der Waals surface area (Å²) in [6.07, 6.45) is 0.574. The number of aliphatic hydroxyl groups excluding tert-OH is 1. The van der Waals surface area contributed by atoms with E-state index in [1.807, 2.05) is 0 Å². The van der Waals surface area contributed by atoms with Crippen molar-refractivity contribution >= 4 is 11.8 Å². The van der Waals surface area contributed by atoms with Crippen LogP contribution in [0, 0.1) is 11.7 Å². The van der Waals surface area contributed by atoms with Crippen molar-refractivity contribution in [1.29, 1.82) is 0 Å². The van der Waals surface area contributed by atoms with Crippen molar-refractivity contribution in [1.82, 2.24) is 10.2 Å². The maximum Gasteiger partial charge on any atom is 0.225 e. The Bertz CT molecular complexity index is 581. The number of carbonyl (C=O) groups is 2. The first-order chi connectivity index (χ1) is 11.6. The topological polar surface area (TPSA) is 78.9 Å². The van der Waals surface area contributed by atoms with Gasteiger partial charge in [-0.3, -0.25) is 9.59 Å². The Morgan fingerprint density at radius 1 is 1.46 bits per heavy atom. The van der Waals surface area contributed by atoms with Crippen molar-refractivity contribution in [3.63, 3.8) is 0 Å². The quantitative estimate of drug-likeness (QED) is 0.773. The van der Waals surface area contributed by atoms with E-state index in [9.17, 15) is 14.0 Å². The van der Waals surface area contributed by atoms with Gasteiger partial charge in [0.1, 0.15) is 5.82 Å². The number of hydrogen-bond acceptors (Lipinski definition) is 4. The predicted octanol–water partition coefficient (Wildman–Crippen LogP) is 0.860. The van der Waals surface area contributed by atoms with E-state index in [1.165, 1.54) is 18.1 Å². The molecule has 132 valence electrons. The Morgan fingerprint density at radius 3 is 2.88 bits per heavy atom. The Morgan fingerprint density at radius 2 is 2.21 bits per heavy atom. The lowest BCUT2D eigenvalue weighted by Gasteiger charge is -2.40. The molecule has 0 aliphatic carbocycles. The van der Waals surface area contributed by atoms with Crippen LogP contribution in [0.1, 0.15) is 24.4 Å². The Balaban J connectivity index is 2.36. The summed E-state index contributed by atoms with van der Waals surface area (Å²) in [6, 6.07) is 5.51. The first kappa shape index (κ1) is 18.4. The zero-order chi connectivity index (χ0) is 17.5. The highest BCUT2D eigenvalue weighted by Crippen LogP contribution is 2.37. The number of halogens is 1. The van der Waals surface area contributed by atoms with Gasteiger partial charge in [0.25, 0.3) is 0 Å². The number of aliphatic hydroxyl groups is 1. The number of amides is 2. The minimum atomic E-state index is -0.679. The van der Waals surface area contributed by atoms with Crippen molar-refractivity contribution in [3.05, 3.63) is 35.6 Å². The molecule has 0 spiro atoms. The molecule has 2 amide bonds. The Labute approximate surface area is 140 Å². The van der Waals surface area contributed by atoms with E-state index >= 15 is 0 Å². The maximum atomic E-state index is 14.3. The molecule has 0 radical (unpaired) electrons. The van der Waals surface area contributed by atoms with Crippen LogP contribution >= 0.6 is 0 Å². The van der Waals surface area contributed by atoms with Gasteiger partial charge in [0.05, 0.1) is 25.2 Å². The standard InChI is InChI=1S/C17H23FN2O4/c1-24-11-9-20-15(22)7-6-13(17(23)19-8-10-21)16(20)12-4-2-3-5-14(12)18/h2-5,13,16,21H,6-11H2,1H3,(H,19,23)/t13-,16+/m1/s1. The number of methoxy groups -OCH3 is 1. The lowest BCUT2D eigenvalue weighted by atomic mass is 9.83. The van der Waals surface area contributed by atoms with Gasteiger partial charge in [-0.15, -0.1) is 0 Å². The molecular weight excluding hydrogens is 315 g/mol. The van der Waals surface area contributed by atoms with Crippen molar-refractivity contribution in [2.24, 2.45) is 5.92 Å². The number of carbonyl (C=O) groups excluding carboxylic acids is 2. The van der Waals surface area contributed by atoms with Gasteiger partial charge in [-0.2, -0.15) is 0 Å². The summed E-state index contributed by atoms with van der Waals surface area (Å²) >= 11 is 0. The third kappa shape index (κ3) is 4.10. The van der Waals surface area contributed by atoms with Gasteiger partial charge in [-0.1, -0.05) is 18.2 Å². The highest BCUT2D eigenvalue weighted by atomic mass is 19.1. The zero-order valence-electron chi connectivity index (χ0n) is 13.7. The molecule has 1 fully saturated rings. The normalized spacial score (nSPS) is 21.0. The van der Waals surface area contributed by atoms with Crippen molar-refractivity contribution < 1.29 is 23.8 Å². The van der Waals surface area contributed by atoms with Crippen molar-refractivity contribution in [2.45, 2.75) is 18.9 Å². The summed E-state index contributed by atoms with van der Waals surface area (Å²) in [5, 5.41) is 11.5. The maximum absolute atomic E-state index is 14.3. The summed E-state index contributed by atoms with van der Waals surface area (Å²) in [7, 11) is 1.53. The molecule has 1 aliphatic rings. The van der Waals surface area contributed by atoms with Crippen molar-refractivity contribution in [2.75, 3.05) is 33.4 Å². The van der Waals surface area contributed by atoms with Crippen LogP contribution in [0.3, 0.4) is 0 Å². The molecule has 0 bridgehead atoms. The number of rotatable bonds is 7. The average Bonchev–Trinajstić information content (AvgIpc) is 2.59.